The normalized spacial score (nSPS) is 21.6. The van der Waals surface area contributed by atoms with E-state index in [2.05, 4.69) is 4.85 Å². The lowest BCUT2D eigenvalue weighted by molar-refractivity contribution is -0.143. The first-order chi connectivity index (χ1) is 20.2. The second-order valence-electron chi connectivity index (χ2n) is 10.5. The molecule has 43 heavy (non-hydrogen) atoms. The molecule has 1 aliphatic rings. The Balaban J connectivity index is 1.70. The summed E-state index contributed by atoms with van der Waals surface area (Å²) in [5.41, 5.74) is 1.57. The number of piperidine rings is 1. The highest BCUT2D eigenvalue weighted by Gasteiger charge is 2.54. The second-order valence-corrected chi connectivity index (χ2v) is 10.5. The summed E-state index contributed by atoms with van der Waals surface area (Å²) < 4.78 is 92.6. The number of likely N-dealkylation sites (tertiary alicyclic amines) is 1. The maximum atomic E-state index is 13.6. The largest absolute Gasteiger partial charge is 0.445 e. The first-order valence-electron chi connectivity index (χ1n) is 13.3. The molecular weight excluding hydrogens is 576 g/mol. The zero-order valence-corrected chi connectivity index (χ0v) is 23.1. The predicted octanol–water partition coefficient (Wildman–Crippen LogP) is 7.70. The topological polar surface area (TPSA) is 69.2 Å². The summed E-state index contributed by atoms with van der Waals surface area (Å²) in [6.07, 6.45) is -11.8. The molecule has 4 rings (SSSR count). The molecule has 3 aromatic carbocycles. The highest BCUT2D eigenvalue weighted by atomic mass is 19.4. The van der Waals surface area contributed by atoms with E-state index in [9.17, 15) is 31.1 Å². The van der Waals surface area contributed by atoms with Gasteiger partial charge in [-0.2, -0.15) is 26.3 Å². The van der Waals surface area contributed by atoms with E-state index in [1.54, 1.807) is 60.7 Å². The van der Waals surface area contributed by atoms with Gasteiger partial charge in [0.05, 0.1) is 29.4 Å². The van der Waals surface area contributed by atoms with Gasteiger partial charge >= 0.3 is 24.1 Å². The van der Waals surface area contributed by atoms with Gasteiger partial charge in [-0.25, -0.2) is 11.4 Å². The summed E-state index contributed by atoms with van der Waals surface area (Å²) in [5, 5.41) is 0. The Hall–Kier alpha value is -4.08. The van der Waals surface area contributed by atoms with Crippen LogP contribution in [0.25, 0.3) is 4.85 Å². The fourth-order valence-corrected chi connectivity index (χ4v) is 5.04. The minimum Gasteiger partial charge on any atom is -0.445 e. The second kappa shape index (κ2) is 12.3. The quantitative estimate of drug-likeness (QED) is 0.221. The highest BCUT2D eigenvalue weighted by Crippen LogP contribution is 2.43. The Kier molecular flexibility index (Phi) is 9.08. The van der Waals surface area contributed by atoms with Gasteiger partial charge < -0.3 is 9.47 Å². The van der Waals surface area contributed by atoms with Crippen molar-refractivity contribution in [2.45, 2.75) is 56.0 Å². The minimum absolute atomic E-state index is 0.0541. The Morgan fingerprint density at radius 2 is 1.51 bits per heavy atom. The third-order valence-corrected chi connectivity index (χ3v) is 7.53. The number of carbonyl (C=O) groups is 1. The molecule has 3 atom stereocenters. The standard InChI is InChI=1S/C31H29F6N3O3/c1-21(23-15-25(30(32,33)34)17-26(16-23)31(35,36)37)43-20-28(24-11-7-4-8-12-24)13-14-29(38,39-2)19-40(28)27(41)42-18-22-9-5-3-6-10-22/h3-12,15-17,21H,13-14,18-20,38H2,1H3/t21-,28-,29?/m1/s1. The molecular formula is C31H29F6N3O3. The molecule has 1 saturated heterocycles. The number of alkyl halides is 6. The molecule has 0 radical (unpaired) electrons. The van der Waals surface area contributed by atoms with Crippen molar-refractivity contribution in [3.63, 3.8) is 0 Å². The Morgan fingerprint density at radius 1 is 0.953 bits per heavy atom. The average molecular weight is 606 g/mol. The van der Waals surface area contributed by atoms with Crippen molar-refractivity contribution in [1.82, 2.24) is 4.90 Å². The van der Waals surface area contributed by atoms with E-state index >= 15 is 0 Å². The van der Waals surface area contributed by atoms with Gasteiger partial charge in [-0.15, -0.1) is 0 Å². The lowest BCUT2D eigenvalue weighted by atomic mass is 9.78. The fourth-order valence-electron chi connectivity index (χ4n) is 5.04. The highest BCUT2D eigenvalue weighted by molar-refractivity contribution is 5.70. The number of ether oxygens (including phenoxy) is 2. The number of halogens is 6. The zero-order valence-electron chi connectivity index (χ0n) is 23.1. The van der Waals surface area contributed by atoms with Crippen LogP contribution in [0, 0.1) is 6.57 Å². The molecule has 0 spiro atoms. The van der Waals surface area contributed by atoms with Crippen LogP contribution in [0.1, 0.15) is 53.7 Å². The molecule has 3 aromatic rings. The molecule has 6 nitrogen and oxygen atoms in total. The summed E-state index contributed by atoms with van der Waals surface area (Å²) in [5.74, 6) is 0. The molecule has 1 heterocycles. The lowest BCUT2D eigenvalue weighted by Crippen LogP contribution is -2.64. The third kappa shape index (κ3) is 7.29. The monoisotopic (exact) mass is 605 g/mol. The van der Waals surface area contributed by atoms with Gasteiger partial charge in [0.2, 0.25) is 0 Å². The minimum atomic E-state index is -5.02. The van der Waals surface area contributed by atoms with Crippen LogP contribution < -0.4 is 5.73 Å². The molecule has 1 aliphatic heterocycles. The van der Waals surface area contributed by atoms with Crippen LogP contribution in [0.5, 0.6) is 0 Å². The third-order valence-electron chi connectivity index (χ3n) is 7.53. The number of nitrogens with zero attached hydrogens (tertiary/aromatic N) is 2. The van der Waals surface area contributed by atoms with Crippen molar-refractivity contribution in [2.24, 2.45) is 5.73 Å². The number of carbonyl (C=O) groups excluding carboxylic acids is 1. The van der Waals surface area contributed by atoms with Crippen molar-refractivity contribution < 1.29 is 40.6 Å². The lowest BCUT2D eigenvalue weighted by Gasteiger charge is -2.48. The molecule has 0 saturated carbocycles. The van der Waals surface area contributed by atoms with Gasteiger partial charge in [0.1, 0.15) is 13.2 Å². The summed E-state index contributed by atoms with van der Waals surface area (Å²) >= 11 is 0. The van der Waals surface area contributed by atoms with E-state index in [-0.39, 0.29) is 44.2 Å². The van der Waals surface area contributed by atoms with Crippen molar-refractivity contribution in [1.29, 1.82) is 0 Å². The van der Waals surface area contributed by atoms with Gasteiger partial charge in [0.25, 0.3) is 0 Å². The molecule has 0 bridgehead atoms. The molecule has 2 N–H and O–H groups in total. The van der Waals surface area contributed by atoms with Crippen molar-refractivity contribution >= 4 is 6.09 Å². The zero-order chi connectivity index (χ0) is 31.5. The van der Waals surface area contributed by atoms with E-state index in [0.29, 0.717) is 23.3 Å². The van der Waals surface area contributed by atoms with Gasteiger partial charge in [0, 0.05) is 6.42 Å². The number of benzene rings is 3. The Bertz CT molecular complexity index is 1430. The van der Waals surface area contributed by atoms with Crippen molar-refractivity contribution in [2.75, 3.05) is 13.2 Å². The van der Waals surface area contributed by atoms with E-state index in [1.165, 1.54) is 11.8 Å². The molecule has 228 valence electrons. The summed E-state index contributed by atoms with van der Waals surface area (Å²) in [7, 11) is 0. The summed E-state index contributed by atoms with van der Waals surface area (Å²) in [4.78, 5) is 18.4. The van der Waals surface area contributed by atoms with Crippen LogP contribution in [0.4, 0.5) is 31.1 Å². The van der Waals surface area contributed by atoms with Gasteiger partial charge in [-0.05, 0) is 48.2 Å². The number of rotatable bonds is 7. The van der Waals surface area contributed by atoms with Crippen LogP contribution in [0.15, 0.2) is 78.9 Å². The molecule has 0 aliphatic carbocycles. The maximum absolute atomic E-state index is 13.6. The van der Waals surface area contributed by atoms with Crippen LogP contribution in [0.3, 0.4) is 0 Å². The van der Waals surface area contributed by atoms with E-state index in [0.717, 1.165) is 0 Å². The Morgan fingerprint density at radius 3 is 2.05 bits per heavy atom. The molecule has 1 unspecified atom stereocenters. The van der Waals surface area contributed by atoms with Crippen LogP contribution >= 0.6 is 0 Å². The SMILES string of the molecule is [C-]#[N+]C1(N)CC[C@@](CO[C@H](C)c2cc(C(F)(F)F)cc(C(F)(F)F)c2)(c2ccccc2)N(C(=O)OCc2ccccc2)C1. The molecule has 0 aromatic heterocycles. The van der Waals surface area contributed by atoms with Crippen molar-refractivity contribution in [3.8, 4) is 0 Å². The Labute approximate surface area is 244 Å². The number of nitrogens with two attached hydrogens (primary N) is 1. The number of hydrogen-bond acceptors (Lipinski definition) is 4. The molecule has 1 amide bonds. The van der Waals surface area contributed by atoms with Gasteiger partial charge in [0.15, 0.2) is 0 Å². The fraction of sp³-hybridized carbons (Fsp3) is 0.355. The van der Waals surface area contributed by atoms with Gasteiger partial charge in [-0.3, -0.25) is 15.5 Å². The number of hydrogen-bond donors (Lipinski definition) is 1. The van der Waals surface area contributed by atoms with Crippen LogP contribution in [-0.2, 0) is 34.0 Å². The smallest absolute Gasteiger partial charge is 0.416 e. The molecule has 1 fully saturated rings. The molecule has 12 heteroatoms. The summed E-state index contributed by atoms with van der Waals surface area (Å²) in [6.45, 7) is 8.29. The summed E-state index contributed by atoms with van der Waals surface area (Å²) in [6, 6.07) is 18.8. The first-order valence-corrected chi connectivity index (χ1v) is 13.3. The van der Waals surface area contributed by atoms with Crippen molar-refractivity contribution in [3.05, 3.63) is 118 Å². The van der Waals surface area contributed by atoms with E-state index in [4.69, 9.17) is 21.8 Å². The van der Waals surface area contributed by atoms with Crippen LogP contribution in [0.2, 0.25) is 0 Å². The first kappa shape index (κ1) is 31.8. The average Bonchev–Trinajstić information content (AvgIpc) is 2.99. The van der Waals surface area contributed by atoms with Gasteiger partial charge in [-0.1, -0.05) is 60.7 Å². The predicted molar refractivity (Wildman–Crippen MR) is 145 cm³/mol. The van der Waals surface area contributed by atoms with E-state index in [1.807, 2.05) is 0 Å². The van der Waals surface area contributed by atoms with E-state index < -0.39 is 46.9 Å². The number of amides is 1. The maximum Gasteiger partial charge on any atom is 0.416 e. The van der Waals surface area contributed by atoms with Crippen LogP contribution in [-0.4, -0.2) is 29.8 Å².